The summed E-state index contributed by atoms with van der Waals surface area (Å²) < 4.78 is 7.14. The van der Waals surface area contributed by atoms with E-state index in [1.54, 1.807) is 0 Å². The van der Waals surface area contributed by atoms with Crippen LogP contribution in [0.25, 0.3) is 0 Å². The lowest BCUT2D eigenvalue weighted by molar-refractivity contribution is -0.143. The summed E-state index contributed by atoms with van der Waals surface area (Å²) in [4.78, 5) is 12.3. The molecule has 0 N–H and O–H groups in total. The van der Waals surface area contributed by atoms with Gasteiger partial charge in [-0.1, -0.05) is 60.3 Å². The quantitative estimate of drug-likeness (QED) is 0.473. The molecular weight excluding hydrogens is 348 g/mol. The molecule has 2 nitrogen and oxygen atoms in total. The van der Waals surface area contributed by atoms with Crippen LogP contribution in [0.1, 0.15) is 92.4 Å². The first-order valence-electron chi connectivity index (χ1n) is 11.7. The van der Waals surface area contributed by atoms with Crippen LogP contribution in [-0.2, 0) is 9.22 Å². The maximum Gasteiger partial charge on any atom is 0.192 e. The molecule has 0 spiro atoms. The van der Waals surface area contributed by atoms with Crippen LogP contribution in [0.15, 0.2) is 0 Å². The van der Waals surface area contributed by atoms with Gasteiger partial charge in [-0.2, -0.15) is 0 Å². The molecule has 0 heterocycles. The van der Waals surface area contributed by atoms with Crippen molar-refractivity contribution >= 4 is 14.1 Å². The van der Waals surface area contributed by atoms with Crippen molar-refractivity contribution in [3.8, 4) is 0 Å². The third kappa shape index (κ3) is 4.10. The van der Waals surface area contributed by atoms with E-state index in [1.807, 2.05) is 0 Å². The van der Waals surface area contributed by atoms with Crippen molar-refractivity contribution in [1.82, 2.24) is 0 Å². The maximum absolute atomic E-state index is 12.3. The van der Waals surface area contributed by atoms with E-state index in [4.69, 9.17) is 4.43 Å². The van der Waals surface area contributed by atoms with E-state index in [-0.39, 0.29) is 5.04 Å². The molecule has 0 bridgehead atoms. The highest BCUT2D eigenvalue weighted by Crippen LogP contribution is 2.59. The molecule has 3 rings (SSSR count). The predicted octanol–water partition coefficient (Wildman–Crippen LogP) is 6.99. The summed E-state index contributed by atoms with van der Waals surface area (Å²) in [5.41, 5.74) is 0.359. The van der Waals surface area contributed by atoms with Gasteiger partial charge in [-0.3, -0.25) is 4.79 Å². The molecule has 0 aromatic rings. The van der Waals surface area contributed by atoms with Crippen molar-refractivity contribution in [2.24, 2.45) is 29.1 Å². The standard InChI is InChI=1S/C24H44O2Si/c1-17-11-9-8-10-12-20-22(17)21(26-27(6,7)23(2,3)4)16-18-15-19(25)13-14-24(18,20)5/h17-18,20-22H,8-16H2,1-7H3/t17-,18+,20-,21?,22-,24-/m0/s1. The van der Waals surface area contributed by atoms with Crippen LogP contribution in [0.5, 0.6) is 0 Å². The zero-order chi connectivity index (χ0) is 20.0. The fraction of sp³-hybridized carbons (Fsp3) is 0.958. The van der Waals surface area contributed by atoms with Gasteiger partial charge in [-0.25, -0.2) is 0 Å². The Morgan fingerprint density at radius 3 is 2.44 bits per heavy atom. The van der Waals surface area contributed by atoms with Crippen LogP contribution in [0.4, 0.5) is 0 Å². The zero-order valence-corrected chi connectivity index (χ0v) is 20.1. The zero-order valence-electron chi connectivity index (χ0n) is 19.1. The molecule has 6 atom stereocenters. The van der Waals surface area contributed by atoms with Gasteiger partial charge < -0.3 is 4.43 Å². The average molecular weight is 393 g/mol. The first kappa shape index (κ1) is 21.6. The van der Waals surface area contributed by atoms with E-state index in [2.05, 4.69) is 47.7 Å². The average Bonchev–Trinajstić information content (AvgIpc) is 2.52. The summed E-state index contributed by atoms with van der Waals surface area (Å²) in [7, 11) is -1.81. The largest absolute Gasteiger partial charge is 0.414 e. The number of ketones is 1. The summed E-state index contributed by atoms with van der Waals surface area (Å²) in [5.74, 6) is 3.23. The molecule has 3 heteroatoms. The van der Waals surface area contributed by atoms with Crippen molar-refractivity contribution in [3.63, 3.8) is 0 Å². The Balaban J connectivity index is 1.95. The normalized spacial score (nSPS) is 41.3. The highest BCUT2D eigenvalue weighted by atomic mass is 28.4. The first-order valence-corrected chi connectivity index (χ1v) is 14.6. The van der Waals surface area contributed by atoms with Gasteiger partial charge in [-0.15, -0.1) is 0 Å². The number of hydrogen-bond acceptors (Lipinski definition) is 2. The van der Waals surface area contributed by atoms with Gasteiger partial charge in [0.15, 0.2) is 8.32 Å². The Kier molecular flexibility index (Phi) is 6.06. The summed E-state index contributed by atoms with van der Waals surface area (Å²) in [6.07, 6.45) is 11.1. The Morgan fingerprint density at radius 2 is 1.78 bits per heavy atom. The lowest BCUT2D eigenvalue weighted by Crippen LogP contribution is -2.57. The lowest BCUT2D eigenvalue weighted by Gasteiger charge is -2.59. The molecule has 156 valence electrons. The Bertz CT molecular complexity index is 549. The number of fused-ring (bicyclic) bond motifs is 3. The summed E-state index contributed by atoms with van der Waals surface area (Å²) in [5, 5.41) is 0.247. The molecule has 3 aliphatic carbocycles. The van der Waals surface area contributed by atoms with Gasteiger partial charge in [0.25, 0.3) is 0 Å². The van der Waals surface area contributed by atoms with Crippen molar-refractivity contribution in [1.29, 1.82) is 0 Å². The van der Waals surface area contributed by atoms with Crippen LogP contribution < -0.4 is 0 Å². The molecule has 0 aromatic heterocycles. The maximum atomic E-state index is 12.3. The SMILES string of the molecule is C[C@H]1CCCCC[C@H]2[C@H]1C(O[Si](C)(C)C(C)(C)C)C[C@H]1CC(=O)CC[C@@]12C. The number of Topliss-reactive ketones (excluding diaryl/α,β-unsaturated/α-hetero) is 1. The van der Waals surface area contributed by atoms with Crippen molar-refractivity contribution in [3.05, 3.63) is 0 Å². The minimum absolute atomic E-state index is 0.247. The molecule has 0 radical (unpaired) electrons. The molecule has 0 amide bonds. The lowest BCUT2D eigenvalue weighted by atomic mass is 9.48. The van der Waals surface area contributed by atoms with Crippen molar-refractivity contribution < 1.29 is 9.22 Å². The molecular formula is C24H44O2Si. The summed E-state index contributed by atoms with van der Waals surface area (Å²) in [6, 6.07) is 0. The smallest absolute Gasteiger partial charge is 0.192 e. The topological polar surface area (TPSA) is 26.3 Å². The molecule has 0 aromatic carbocycles. The minimum atomic E-state index is -1.81. The number of carbonyl (C=O) groups is 1. The fourth-order valence-electron chi connectivity index (χ4n) is 6.37. The van der Waals surface area contributed by atoms with Gasteiger partial charge in [0.05, 0.1) is 0 Å². The van der Waals surface area contributed by atoms with E-state index < -0.39 is 8.32 Å². The third-order valence-electron chi connectivity index (χ3n) is 9.19. The van der Waals surface area contributed by atoms with Crippen LogP contribution in [0.2, 0.25) is 18.1 Å². The van der Waals surface area contributed by atoms with Crippen LogP contribution in [-0.4, -0.2) is 20.2 Å². The van der Waals surface area contributed by atoms with Gasteiger partial charge in [-0.05, 0) is 66.5 Å². The Morgan fingerprint density at radius 1 is 1.11 bits per heavy atom. The van der Waals surface area contributed by atoms with Crippen LogP contribution in [0, 0.1) is 29.1 Å². The van der Waals surface area contributed by atoms with Crippen LogP contribution >= 0.6 is 0 Å². The first-order chi connectivity index (χ1) is 12.5. The second-order valence-electron chi connectivity index (χ2n) is 11.9. The minimum Gasteiger partial charge on any atom is -0.414 e. The molecule has 0 aliphatic heterocycles. The summed E-state index contributed by atoms with van der Waals surface area (Å²) >= 11 is 0. The van der Waals surface area contributed by atoms with E-state index in [9.17, 15) is 4.79 Å². The fourth-order valence-corrected chi connectivity index (χ4v) is 7.73. The van der Waals surface area contributed by atoms with Gasteiger partial charge in [0, 0.05) is 18.9 Å². The van der Waals surface area contributed by atoms with Crippen LogP contribution in [0.3, 0.4) is 0 Å². The summed E-state index contributed by atoms with van der Waals surface area (Å²) in [6.45, 7) is 16.9. The Labute approximate surface area is 169 Å². The van der Waals surface area contributed by atoms with E-state index in [1.165, 1.54) is 32.1 Å². The van der Waals surface area contributed by atoms with E-state index in [0.29, 0.717) is 29.1 Å². The molecule has 0 saturated heterocycles. The van der Waals surface area contributed by atoms with Gasteiger partial charge in [0.2, 0.25) is 0 Å². The van der Waals surface area contributed by atoms with Gasteiger partial charge in [0.1, 0.15) is 5.78 Å². The molecule has 3 saturated carbocycles. The van der Waals surface area contributed by atoms with E-state index >= 15 is 0 Å². The predicted molar refractivity (Wildman–Crippen MR) is 116 cm³/mol. The van der Waals surface area contributed by atoms with Crippen molar-refractivity contribution in [2.75, 3.05) is 0 Å². The number of rotatable bonds is 2. The van der Waals surface area contributed by atoms with E-state index in [0.717, 1.165) is 37.5 Å². The number of hydrogen-bond donors (Lipinski definition) is 0. The second-order valence-corrected chi connectivity index (χ2v) is 16.7. The second kappa shape index (κ2) is 7.59. The molecule has 3 fully saturated rings. The third-order valence-corrected chi connectivity index (χ3v) is 13.7. The highest BCUT2D eigenvalue weighted by Gasteiger charge is 2.56. The van der Waals surface area contributed by atoms with Gasteiger partial charge >= 0.3 is 0 Å². The van der Waals surface area contributed by atoms with Crippen molar-refractivity contribution in [2.45, 2.75) is 117 Å². The number of carbonyl (C=O) groups excluding carboxylic acids is 1. The monoisotopic (exact) mass is 392 g/mol. The Hall–Kier alpha value is -0.153. The molecule has 27 heavy (non-hydrogen) atoms. The molecule has 3 aliphatic rings. The highest BCUT2D eigenvalue weighted by molar-refractivity contribution is 6.74. The molecule has 1 unspecified atom stereocenters.